The van der Waals surface area contributed by atoms with Gasteiger partial charge in [-0.05, 0) is 64.8 Å². The van der Waals surface area contributed by atoms with Crippen molar-refractivity contribution in [3.8, 4) is 0 Å². The van der Waals surface area contributed by atoms with Crippen LogP contribution in [0, 0.1) is 0 Å². The van der Waals surface area contributed by atoms with Crippen LogP contribution < -0.4 is 5.73 Å². The summed E-state index contributed by atoms with van der Waals surface area (Å²) in [6, 6.07) is 1.63. The number of nitrogens with zero attached hydrogens (tertiary/aromatic N) is 2. The van der Waals surface area contributed by atoms with Gasteiger partial charge in [-0.1, -0.05) is 13.3 Å². The molecule has 0 aromatic heterocycles. The zero-order valence-electron chi connectivity index (χ0n) is 11.4. The lowest BCUT2D eigenvalue weighted by molar-refractivity contribution is 0.0490. The second-order valence-electron chi connectivity index (χ2n) is 5.63. The highest BCUT2D eigenvalue weighted by atomic mass is 15.2. The second-order valence-corrected chi connectivity index (χ2v) is 5.63. The lowest BCUT2D eigenvalue weighted by atomic mass is 9.93. The average molecular weight is 239 g/mol. The van der Waals surface area contributed by atoms with Gasteiger partial charge in [0.2, 0.25) is 0 Å². The Morgan fingerprint density at radius 2 is 1.82 bits per heavy atom. The maximum absolute atomic E-state index is 5.76. The predicted molar refractivity (Wildman–Crippen MR) is 73.2 cm³/mol. The summed E-state index contributed by atoms with van der Waals surface area (Å²) >= 11 is 0. The van der Waals surface area contributed by atoms with Crippen molar-refractivity contribution in [1.29, 1.82) is 0 Å². The molecule has 2 fully saturated rings. The summed E-state index contributed by atoms with van der Waals surface area (Å²) in [5.74, 6) is 0. The molecular formula is C14H29N3. The van der Waals surface area contributed by atoms with Crippen molar-refractivity contribution in [3.63, 3.8) is 0 Å². The third-order valence-corrected chi connectivity index (χ3v) is 4.65. The van der Waals surface area contributed by atoms with Gasteiger partial charge in [0.25, 0.3) is 0 Å². The molecule has 2 rings (SSSR count). The third-order valence-electron chi connectivity index (χ3n) is 4.65. The molecule has 2 heterocycles. The minimum absolute atomic E-state index is 0.784. The topological polar surface area (TPSA) is 32.5 Å². The van der Waals surface area contributed by atoms with Crippen LogP contribution in [0.1, 0.15) is 45.4 Å². The largest absolute Gasteiger partial charge is 0.330 e. The number of nitrogens with two attached hydrogens (primary N) is 1. The Labute approximate surface area is 106 Å². The van der Waals surface area contributed by atoms with E-state index in [-0.39, 0.29) is 0 Å². The van der Waals surface area contributed by atoms with E-state index in [1.54, 1.807) is 0 Å². The normalized spacial score (nSPS) is 29.6. The predicted octanol–water partition coefficient (Wildman–Crippen LogP) is 1.67. The van der Waals surface area contributed by atoms with Gasteiger partial charge in [-0.2, -0.15) is 0 Å². The van der Waals surface area contributed by atoms with E-state index in [0.717, 1.165) is 18.6 Å². The molecule has 0 aliphatic carbocycles. The van der Waals surface area contributed by atoms with E-state index >= 15 is 0 Å². The maximum Gasteiger partial charge on any atom is 0.0122 e. The van der Waals surface area contributed by atoms with Gasteiger partial charge in [0.15, 0.2) is 0 Å². The maximum atomic E-state index is 5.76. The number of piperidine rings is 2. The molecule has 0 bridgehead atoms. The number of hydrogen-bond acceptors (Lipinski definition) is 3. The number of rotatable bonds is 4. The van der Waals surface area contributed by atoms with Crippen molar-refractivity contribution in [2.24, 2.45) is 5.73 Å². The van der Waals surface area contributed by atoms with E-state index in [9.17, 15) is 0 Å². The Kier molecular flexibility index (Phi) is 5.26. The summed E-state index contributed by atoms with van der Waals surface area (Å²) in [5.41, 5.74) is 5.76. The number of likely N-dealkylation sites (tertiary alicyclic amines) is 2. The SMILES string of the molecule is CCN1CCC(N2CCCCC2CCN)CC1. The Hall–Kier alpha value is -0.120. The van der Waals surface area contributed by atoms with Gasteiger partial charge in [-0.25, -0.2) is 0 Å². The van der Waals surface area contributed by atoms with Gasteiger partial charge >= 0.3 is 0 Å². The summed E-state index contributed by atoms with van der Waals surface area (Å²) < 4.78 is 0. The molecule has 0 saturated carbocycles. The van der Waals surface area contributed by atoms with E-state index in [0.29, 0.717) is 0 Å². The van der Waals surface area contributed by atoms with Crippen LogP contribution in [0.5, 0.6) is 0 Å². The van der Waals surface area contributed by atoms with Gasteiger partial charge in [-0.15, -0.1) is 0 Å². The molecule has 3 heteroatoms. The zero-order chi connectivity index (χ0) is 12.1. The first-order valence-electron chi connectivity index (χ1n) is 7.53. The van der Waals surface area contributed by atoms with E-state index in [1.165, 1.54) is 64.7 Å². The standard InChI is InChI=1S/C14H29N3/c1-2-16-11-7-14(8-12-16)17-10-4-3-5-13(17)6-9-15/h13-14H,2-12,15H2,1H3. The third kappa shape index (κ3) is 3.43. The summed E-state index contributed by atoms with van der Waals surface area (Å²) in [6.07, 6.45) is 8.13. The summed E-state index contributed by atoms with van der Waals surface area (Å²) in [7, 11) is 0. The molecule has 2 aliphatic rings. The van der Waals surface area contributed by atoms with Gasteiger partial charge in [0.1, 0.15) is 0 Å². The molecule has 0 radical (unpaired) electrons. The molecule has 0 spiro atoms. The van der Waals surface area contributed by atoms with Gasteiger partial charge in [0.05, 0.1) is 0 Å². The summed E-state index contributed by atoms with van der Waals surface area (Å²) in [6.45, 7) is 8.27. The Bertz CT molecular complexity index is 210. The van der Waals surface area contributed by atoms with Crippen LogP contribution in [0.25, 0.3) is 0 Å². The molecule has 17 heavy (non-hydrogen) atoms. The first kappa shape index (κ1) is 13.3. The zero-order valence-corrected chi connectivity index (χ0v) is 11.4. The molecule has 0 aromatic rings. The summed E-state index contributed by atoms with van der Waals surface area (Å²) in [5, 5.41) is 0. The van der Waals surface area contributed by atoms with Crippen molar-refractivity contribution < 1.29 is 0 Å². The highest BCUT2D eigenvalue weighted by Gasteiger charge is 2.30. The van der Waals surface area contributed by atoms with Crippen molar-refractivity contribution in [1.82, 2.24) is 9.80 Å². The molecule has 100 valence electrons. The molecule has 1 unspecified atom stereocenters. The summed E-state index contributed by atoms with van der Waals surface area (Å²) in [4.78, 5) is 5.38. The molecule has 2 saturated heterocycles. The molecule has 1 atom stereocenters. The van der Waals surface area contributed by atoms with Crippen molar-refractivity contribution in [2.45, 2.75) is 57.5 Å². The Balaban J connectivity index is 1.86. The van der Waals surface area contributed by atoms with E-state index in [2.05, 4.69) is 16.7 Å². The van der Waals surface area contributed by atoms with Crippen LogP contribution in [0.4, 0.5) is 0 Å². The fourth-order valence-corrected chi connectivity index (χ4v) is 3.57. The number of hydrogen-bond donors (Lipinski definition) is 1. The lowest BCUT2D eigenvalue weighted by Crippen LogP contribution is -2.51. The van der Waals surface area contributed by atoms with E-state index in [4.69, 9.17) is 5.73 Å². The molecule has 2 N–H and O–H groups in total. The Morgan fingerprint density at radius 3 is 2.47 bits per heavy atom. The van der Waals surface area contributed by atoms with Crippen LogP contribution in [0.2, 0.25) is 0 Å². The van der Waals surface area contributed by atoms with Crippen molar-refractivity contribution >= 4 is 0 Å². The van der Waals surface area contributed by atoms with Crippen LogP contribution in [0.3, 0.4) is 0 Å². The highest BCUT2D eigenvalue weighted by molar-refractivity contribution is 4.86. The first-order chi connectivity index (χ1) is 8.35. The quantitative estimate of drug-likeness (QED) is 0.810. The molecule has 0 amide bonds. The fourth-order valence-electron chi connectivity index (χ4n) is 3.57. The second kappa shape index (κ2) is 6.72. The van der Waals surface area contributed by atoms with Crippen LogP contribution in [0.15, 0.2) is 0 Å². The molecule has 3 nitrogen and oxygen atoms in total. The Morgan fingerprint density at radius 1 is 1.06 bits per heavy atom. The van der Waals surface area contributed by atoms with Gasteiger partial charge in [0, 0.05) is 12.1 Å². The van der Waals surface area contributed by atoms with Gasteiger partial charge in [-0.3, -0.25) is 4.90 Å². The highest BCUT2D eigenvalue weighted by Crippen LogP contribution is 2.26. The minimum Gasteiger partial charge on any atom is -0.330 e. The van der Waals surface area contributed by atoms with Crippen LogP contribution >= 0.6 is 0 Å². The lowest BCUT2D eigenvalue weighted by Gasteiger charge is -2.44. The van der Waals surface area contributed by atoms with Crippen LogP contribution in [-0.4, -0.2) is 54.6 Å². The van der Waals surface area contributed by atoms with E-state index < -0.39 is 0 Å². The first-order valence-corrected chi connectivity index (χ1v) is 7.53. The molecule has 2 aliphatic heterocycles. The molecule has 0 aromatic carbocycles. The minimum atomic E-state index is 0.784. The average Bonchev–Trinajstić information content (AvgIpc) is 2.40. The van der Waals surface area contributed by atoms with Crippen molar-refractivity contribution in [2.75, 3.05) is 32.7 Å². The molecular weight excluding hydrogens is 210 g/mol. The fraction of sp³-hybridized carbons (Fsp3) is 1.00. The smallest absolute Gasteiger partial charge is 0.0122 e. The van der Waals surface area contributed by atoms with Crippen molar-refractivity contribution in [3.05, 3.63) is 0 Å². The van der Waals surface area contributed by atoms with Gasteiger partial charge < -0.3 is 10.6 Å². The van der Waals surface area contributed by atoms with Crippen LogP contribution in [-0.2, 0) is 0 Å². The van der Waals surface area contributed by atoms with E-state index in [1.807, 2.05) is 0 Å². The monoisotopic (exact) mass is 239 g/mol.